The van der Waals surface area contributed by atoms with E-state index in [2.05, 4.69) is 33.2 Å². The van der Waals surface area contributed by atoms with Gasteiger partial charge in [0, 0.05) is 38.4 Å². The second-order valence-corrected chi connectivity index (χ2v) is 7.81. The highest BCUT2D eigenvalue weighted by Crippen LogP contribution is 2.39. The van der Waals surface area contributed by atoms with E-state index in [1.165, 1.54) is 51.0 Å². The van der Waals surface area contributed by atoms with E-state index in [4.69, 9.17) is 4.42 Å². The van der Waals surface area contributed by atoms with Gasteiger partial charge < -0.3 is 4.42 Å². The van der Waals surface area contributed by atoms with Crippen molar-refractivity contribution in [2.75, 3.05) is 26.2 Å². The van der Waals surface area contributed by atoms with Crippen molar-refractivity contribution in [3.63, 3.8) is 0 Å². The molecule has 0 amide bonds. The van der Waals surface area contributed by atoms with Gasteiger partial charge in [0.2, 0.25) is 0 Å². The summed E-state index contributed by atoms with van der Waals surface area (Å²) in [4.78, 5) is 5.20. The van der Waals surface area contributed by atoms with E-state index in [9.17, 15) is 0 Å². The quantitative estimate of drug-likeness (QED) is 0.865. The zero-order valence-corrected chi connectivity index (χ0v) is 14.9. The number of rotatable bonds is 4. The van der Waals surface area contributed by atoms with E-state index >= 15 is 0 Å². The highest BCUT2D eigenvalue weighted by molar-refractivity contribution is 5.07. The molecule has 24 heavy (non-hydrogen) atoms. The molecule has 2 aromatic heterocycles. The van der Waals surface area contributed by atoms with E-state index < -0.39 is 0 Å². The summed E-state index contributed by atoms with van der Waals surface area (Å²) in [6.07, 6.45) is 8.14. The molecule has 4 heterocycles. The van der Waals surface area contributed by atoms with Gasteiger partial charge >= 0.3 is 0 Å². The smallest absolute Gasteiger partial charge is 0.118 e. The molecule has 2 saturated heterocycles. The Morgan fingerprint density at radius 3 is 2.67 bits per heavy atom. The number of aryl methyl sites for hydroxylation is 2. The fraction of sp³-hybridized carbons (Fsp3) is 0.632. The zero-order valence-electron chi connectivity index (χ0n) is 14.9. The summed E-state index contributed by atoms with van der Waals surface area (Å²) in [5, 5.41) is 4.30. The van der Waals surface area contributed by atoms with Crippen molar-refractivity contribution in [1.29, 1.82) is 0 Å². The summed E-state index contributed by atoms with van der Waals surface area (Å²) in [7, 11) is 1.99. The molecule has 5 nitrogen and oxygen atoms in total. The Kier molecular flexibility index (Phi) is 4.22. The van der Waals surface area contributed by atoms with Crippen LogP contribution in [0.1, 0.15) is 36.3 Å². The molecule has 0 unspecified atom stereocenters. The maximum absolute atomic E-state index is 5.76. The molecular weight excluding hydrogens is 300 g/mol. The predicted molar refractivity (Wildman–Crippen MR) is 93.5 cm³/mol. The van der Waals surface area contributed by atoms with Crippen LogP contribution in [0.15, 0.2) is 28.9 Å². The van der Waals surface area contributed by atoms with Gasteiger partial charge in [0.25, 0.3) is 0 Å². The van der Waals surface area contributed by atoms with Crippen LogP contribution >= 0.6 is 0 Å². The zero-order chi connectivity index (χ0) is 16.6. The average molecular weight is 328 g/mol. The van der Waals surface area contributed by atoms with Crippen LogP contribution in [0, 0.1) is 12.3 Å². The second kappa shape index (κ2) is 6.37. The van der Waals surface area contributed by atoms with Crippen LogP contribution in [0.2, 0.25) is 0 Å². The number of hydrogen-bond acceptors (Lipinski definition) is 4. The summed E-state index contributed by atoms with van der Waals surface area (Å²) in [5.74, 6) is 2.12. The van der Waals surface area contributed by atoms with Gasteiger partial charge in [0.1, 0.15) is 11.5 Å². The largest absolute Gasteiger partial charge is 0.465 e. The maximum atomic E-state index is 5.76. The molecule has 0 radical (unpaired) electrons. The van der Waals surface area contributed by atoms with Crippen LogP contribution in [-0.4, -0.2) is 45.8 Å². The fourth-order valence-corrected chi connectivity index (χ4v) is 4.54. The third-order valence-electron chi connectivity index (χ3n) is 5.60. The number of piperidine rings is 1. The minimum absolute atomic E-state index is 0.474. The molecule has 130 valence electrons. The third kappa shape index (κ3) is 3.42. The van der Waals surface area contributed by atoms with Gasteiger partial charge in [-0.05, 0) is 56.8 Å². The Labute approximate surface area is 144 Å². The van der Waals surface area contributed by atoms with Crippen molar-refractivity contribution in [3.8, 4) is 0 Å². The molecule has 1 spiro atoms. The SMILES string of the molecule is Cc1ccc(CN2CC[C@]3(CCCN(Cc4cnn(C)c4)C3)C2)o1. The Morgan fingerprint density at radius 2 is 1.96 bits per heavy atom. The van der Waals surface area contributed by atoms with Crippen molar-refractivity contribution >= 4 is 0 Å². The minimum atomic E-state index is 0.474. The molecule has 0 saturated carbocycles. The standard InChI is InChI=1S/C19H28N4O/c1-16-4-5-18(24-16)13-23-9-7-19(15-23)6-3-8-22(14-19)12-17-10-20-21(2)11-17/h4-5,10-11H,3,6-9,12-15H2,1-2H3/t19-/m0/s1. The van der Waals surface area contributed by atoms with E-state index in [0.29, 0.717) is 5.41 Å². The molecule has 2 fully saturated rings. The Bertz CT molecular complexity index is 691. The van der Waals surface area contributed by atoms with E-state index in [1.54, 1.807) is 0 Å². The molecule has 2 aliphatic rings. The number of hydrogen-bond donors (Lipinski definition) is 0. The molecule has 2 aromatic rings. The van der Waals surface area contributed by atoms with Crippen molar-refractivity contribution in [2.24, 2.45) is 12.5 Å². The second-order valence-electron chi connectivity index (χ2n) is 7.81. The Balaban J connectivity index is 1.36. The van der Waals surface area contributed by atoms with E-state index in [0.717, 1.165) is 24.6 Å². The van der Waals surface area contributed by atoms with Gasteiger partial charge in [0.05, 0.1) is 12.7 Å². The number of nitrogens with zero attached hydrogens (tertiary/aromatic N) is 4. The van der Waals surface area contributed by atoms with Gasteiger partial charge in [-0.1, -0.05) is 0 Å². The summed E-state index contributed by atoms with van der Waals surface area (Å²) in [6, 6.07) is 4.19. The maximum Gasteiger partial charge on any atom is 0.118 e. The van der Waals surface area contributed by atoms with Crippen molar-refractivity contribution < 1.29 is 4.42 Å². The number of furan rings is 1. The van der Waals surface area contributed by atoms with Crippen LogP contribution < -0.4 is 0 Å². The average Bonchev–Trinajstić information content (AvgIpc) is 3.23. The summed E-state index contributed by atoms with van der Waals surface area (Å²) in [5.41, 5.74) is 1.80. The lowest BCUT2D eigenvalue weighted by Crippen LogP contribution is -2.44. The van der Waals surface area contributed by atoms with Crippen LogP contribution in [0.3, 0.4) is 0 Å². The van der Waals surface area contributed by atoms with Crippen LogP contribution in [0.5, 0.6) is 0 Å². The van der Waals surface area contributed by atoms with Gasteiger partial charge in [0.15, 0.2) is 0 Å². The van der Waals surface area contributed by atoms with Gasteiger partial charge in [-0.25, -0.2) is 0 Å². The summed E-state index contributed by atoms with van der Waals surface area (Å²) in [6.45, 7) is 8.85. The Morgan fingerprint density at radius 1 is 1.12 bits per heavy atom. The number of aromatic nitrogens is 2. The highest BCUT2D eigenvalue weighted by atomic mass is 16.3. The summed E-state index contributed by atoms with van der Waals surface area (Å²) < 4.78 is 7.66. The topological polar surface area (TPSA) is 37.4 Å². The van der Waals surface area contributed by atoms with Crippen LogP contribution in [0.25, 0.3) is 0 Å². The molecule has 2 aliphatic heterocycles. The van der Waals surface area contributed by atoms with Crippen molar-refractivity contribution in [2.45, 2.75) is 39.3 Å². The summed E-state index contributed by atoms with van der Waals surface area (Å²) >= 11 is 0. The van der Waals surface area contributed by atoms with Crippen LogP contribution in [0.4, 0.5) is 0 Å². The van der Waals surface area contributed by atoms with Crippen LogP contribution in [-0.2, 0) is 20.1 Å². The van der Waals surface area contributed by atoms with Crippen molar-refractivity contribution in [1.82, 2.24) is 19.6 Å². The van der Waals surface area contributed by atoms with Crippen molar-refractivity contribution in [3.05, 3.63) is 41.6 Å². The number of likely N-dealkylation sites (tertiary alicyclic amines) is 2. The monoisotopic (exact) mass is 328 g/mol. The molecule has 0 N–H and O–H groups in total. The van der Waals surface area contributed by atoms with E-state index in [-0.39, 0.29) is 0 Å². The third-order valence-corrected chi connectivity index (χ3v) is 5.60. The van der Waals surface area contributed by atoms with E-state index in [1.807, 2.05) is 24.9 Å². The van der Waals surface area contributed by atoms with Gasteiger partial charge in [-0.15, -0.1) is 0 Å². The molecule has 4 rings (SSSR count). The minimum Gasteiger partial charge on any atom is -0.465 e. The molecule has 0 aromatic carbocycles. The lowest BCUT2D eigenvalue weighted by Gasteiger charge is -2.40. The fourth-order valence-electron chi connectivity index (χ4n) is 4.54. The first-order valence-corrected chi connectivity index (χ1v) is 9.08. The highest BCUT2D eigenvalue weighted by Gasteiger charge is 2.41. The predicted octanol–water partition coefficient (Wildman–Crippen LogP) is 2.81. The van der Waals surface area contributed by atoms with Gasteiger partial charge in [-0.2, -0.15) is 5.10 Å². The molecule has 0 bridgehead atoms. The molecule has 5 heteroatoms. The Hall–Kier alpha value is -1.59. The molecular formula is C19H28N4O. The van der Waals surface area contributed by atoms with Gasteiger partial charge in [-0.3, -0.25) is 14.5 Å². The first-order valence-electron chi connectivity index (χ1n) is 9.08. The molecule has 1 atom stereocenters. The first kappa shape index (κ1) is 15.9. The lowest BCUT2D eigenvalue weighted by molar-refractivity contribution is 0.0858. The first-order chi connectivity index (χ1) is 11.6. The molecule has 0 aliphatic carbocycles. The lowest BCUT2D eigenvalue weighted by atomic mass is 9.79. The normalized spacial score (nSPS) is 25.8.